The molecule has 0 bridgehead atoms. The molecular formula is C24H17NO2. The van der Waals surface area contributed by atoms with Crippen LogP contribution in [0.3, 0.4) is 0 Å². The van der Waals surface area contributed by atoms with E-state index < -0.39 is 5.91 Å². The molecule has 1 aliphatic rings. The predicted octanol–water partition coefficient (Wildman–Crippen LogP) is 4.12. The first-order valence-corrected chi connectivity index (χ1v) is 8.68. The average molecular weight is 351 g/mol. The summed E-state index contributed by atoms with van der Waals surface area (Å²) in [5, 5.41) is 0. The number of amides is 1. The van der Waals surface area contributed by atoms with Crippen LogP contribution in [0.4, 0.5) is 0 Å². The topological polar surface area (TPSA) is 60.2 Å². The Morgan fingerprint density at radius 1 is 0.556 bits per heavy atom. The highest BCUT2D eigenvalue weighted by Crippen LogP contribution is 2.46. The molecule has 130 valence electrons. The number of ketones is 1. The second kappa shape index (κ2) is 6.89. The van der Waals surface area contributed by atoms with Crippen molar-refractivity contribution in [3.8, 4) is 0 Å². The van der Waals surface area contributed by atoms with E-state index in [-0.39, 0.29) is 11.4 Å². The maximum absolute atomic E-state index is 13.3. The van der Waals surface area contributed by atoms with Crippen LogP contribution >= 0.6 is 0 Å². The van der Waals surface area contributed by atoms with Crippen LogP contribution in [0.15, 0.2) is 96.6 Å². The van der Waals surface area contributed by atoms with E-state index in [0.29, 0.717) is 11.1 Å². The number of Topliss-reactive ketones (excluding diaryl/α,β-unsaturated/α-hetero) is 1. The van der Waals surface area contributed by atoms with E-state index in [2.05, 4.69) is 0 Å². The first-order chi connectivity index (χ1) is 13.2. The van der Waals surface area contributed by atoms with E-state index in [0.717, 1.165) is 22.3 Å². The number of rotatable bonds is 4. The van der Waals surface area contributed by atoms with Gasteiger partial charge in [0.1, 0.15) is 0 Å². The highest BCUT2D eigenvalue weighted by Gasteiger charge is 2.37. The monoisotopic (exact) mass is 351 g/mol. The Morgan fingerprint density at radius 2 is 0.926 bits per heavy atom. The maximum Gasteiger partial charge on any atom is 0.253 e. The minimum Gasteiger partial charge on any atom is -0.365 e. The Hall–Kier alpha value is -3.72. The minimum atomic E-state index is -0.710. The molecule has 3 nitrogen and oxygen atoms in total. The fourth-order valence-corrected chi connectivity index (χ4v) is 3.50. The molecule has 0 spiro atoms. The van der Waals surface area contributed by atoms with Gasteiger partial charge >= 0.3 is 0 Å². The summed E-state index contributed by atoms with van der Waals surface area (Å²) in [6.07, 6.45) is 0. The molecule has 0 fully saturated rings. The number of benzene rings is 3. The van der Waals surface area contributed by atoms with Gasteiger partial charge in [-0.3, -0.25) is 9.59 Å². The van der Waals surface area contributed by atoms with Crippen LogP contribution in [-0.4, -0.2) is 11.7 Å². The lowest BCUT2D eigenvalue weighted by Crippen LogP contribution is -2.20. The summed E-state index contributed by atoms with van der Waals surface area (Å²) in [7, 11) is 0. The zero-order valence-corrected chi connectivity index (χ0v) is 14.6. The molecule has 0 saturated heterocycles. The molecule has 0 aromatic heterocycles. The van der Waals surface area contributed by atoms with Crippen molar-refractivity contribution in [3.63, 3.8) is 0 Å². The average Bonchev–Trinajstić information content (AvgIpc) is 3.03. The molecule has 0 radical (unpaired) electrons. The summed E-state index contributed by atoms with van der Waals surface area (Å²) < 4.78 is 0. The molecule has 3 aromatic rings. The van der Waals surface area contributed by atoms with Crippen molar-refractivity contribution in [2.24, 2.45) is 5.73 Å². The normalized spacial score (nSPS) is 14.0. The molecule has 1 amide bonds. The van der Waals surface area contributed by atoms with Gasteiger partial charge in [0.2, 0.25) is 0 Å². The quantitative estimate of drug-likeness (QED) is 0.719. The Balaban J connectivity index is 2.09. The highest BCUT2D eigenvalue weighted by atomic mass is 16.2. The molecule has 1 aliphatic carbocycles. The molecule has 27 heavy (non-hydrogen) atoms. The van der Waals surface area contributed by atoms with Gasteiger partial charge in [-0.25, -0.2) is 0 Å². The molecule has 2 N–H and O–H groups in total. The second-order valence-electron chi connectivity index (χ2n) is 6.29. The number of hydrogen-bond donors (Lipinski definition) is 1. The first kappa shape index (κ1) is 16.7. The van der Waals surface area contributed by atoms with Crippen LogP contribution in [0.1, 0.15) is 16.7 Å². The number of allylic oxidation sites excluding steroid dienone is 3. The summed E-state index contributed by atoms with van der Waals surface area (Å²) in [6, 6.07) is 28.5. The van der Waals surface area contributed by atoms with Crippen LogP contribution < -0.4 is 5.73 Å². The SMILES string of the molecule is NC(=O)C1=C(c2ccccc2)C(c2ccccc2)=C(c2ccccc2)C1=O. The number of carbonyl (C=O) groups is 2. The Morgan fingerprint density at radius 3 is 1.33 bits per heavy atom. The van der Waals surface area contributed by atoms with E-state index in [1.165, 1.54) is 0 Å². The van der Waals surface area contributed by atoms with Gasteiger partial charge in [-0.2, -0.15) is 0 Å². The number of nitrogens with two attached hydrogens (primary N) is 1. The van der Waals surface area contributed by atoms with E-state index in [9.17, 15) is 9.59 Å². The van der Waals surface area contributed by atoms with Crippen molar-refractivity contribution in [1.29, 1.82) is 0 Å². The maximum atomic E-state index is 13.3. The van der Waals surface area contributed by atoms with Gasteiger partial charge in [0.25, 0.3) is 5.91 Å². The van der Waals surface area contributed by atoms with Gasteiger partial charge in [-0.05, 0) is 16.7 Å². The van der Waals surface area contributed by atoms with Crippen LogP contribution in [0.25, 0.3) is 16.7 Å². The summed E-state index contributed by atoms with van der Waals surface area (Å²) in [4.78, 5) is 25.6. The third kappa shape index (κ3) is 2.89. The van der Waals surface area contributed by atoms with Gasteiger partial charge in [0.15, 0.2) is 5.78 Å². The highest BCUT2D eigenvalue weighted by molar-refractivity contribution is 6.53. The minimum absolute atomic E-state index is 0.0407. The molecule has 4 rings (SSSR count). The van der Waals surface area contributed by atoms with E-state index in [1.54, 1.807) is 0 Å². The predicted molar refractivity (Wildman–Crippen MR) is 107 cm³/mol. The van der Waals surface area contributed by atoms with Crippen molar-refractivity contribution in [1.82, 2.24) is 0 Å². The third-order valence-electron chi connectivity index (χ3n) is 4.64. The van der Waals surface area contributed by atoms with Crippen LogP contribution in [0.5, 0.6) is 0 Å². The fraction of sp³-hybridized carbons (Fsp3) is 0. The van der Waals surface area contributed by atoms with Gasteiger partial charge in [0.05, 0.1) is 5.57 Å². The van der Waals surface area contributed by atoms with Gasteiger partial charge in [-0.15, -0.1) is 0 Å². The zero-order chi connectivity index (χ0) is 18.8. The smallest absolute Gasteiger partial charge is 0.253 e. The zero-order valence-electron chi connectivity index (χ0n) is 14.6. The lowest BCUT2D eigenvalue weighted by molar-refractivity contribution is -0.118. The van der Waals surface area contributed by atoms with E-state index in [1.807, 2.05) is 91.0 Å². The summed E-state index contributed by atoms with van der Waals surface area (Å²) in [5.74, 6) is -1.04. The molecule has 0 atom stereocenters. The van der Waals surface area contributed by atoms with Crippen molar-refractivity contribution in [2.75, 3.05) is 0 Å². The molecule has 0 saturated carbocycles. The molecule has 0 heterocycles. The third-order valence-corrected chi connectivity index (χ3v) is 4.64. The molecule has 0 unspecified atom stereocenters. The molecule has 3 heteroatoms. The fourth-order valence-electron chi connectivity index (χ4n) is 3.50. The summed E-state index contributed by atoms with van der Waals surface area (Å²) in [6.45, 7) is 0. The van der Waals surface area contributed by atoms with Gasteiger partial charge in [-0.1, -0.05) is 91.0 Å². The van der Waals surface area contributed by atoms with Crippen LogP contribution in [-0.2, 0) is 9.59 Å². The van der Waals surface area contributed by atoms with E-state index >= 15 is 0 Å². The largest absolute Gasteiger partial charge is 0.365 e. The summed E-state index contributed by atoms with van der Waals surface area (Å²) >= 11 is 0. The standard InChI is InChI=1S/C24H17NO2/c25-24(27)22-20(17-12-6-2-7-13-17)19(16-10-4-1-5-11-16)21(23(22)26)18-14-8-3-9-15-18/h1-15H,(H2,25,27). The second-order valence-corrected chi connectivity index (χ2v) is 6.29. The molecular weight excluding hydrogens is 334 g/mol. The van der Waals surface area contributed by atoms with Crippen molar-refractivity contribution < 1.29 is 9.59 Å². The number of carbonyl (C=O) groups excluding carboxylic acids is 2. The molecule has 0 aliphatic heterocycles. The summed E-state index contributed by atoms with van der Waals surface area (Å²) in [5.41, 5.74) is 9.98. The number of hydrogen-bond acceptors (Lipinski definition) is 2. The lowest BCUT2D eigenvalue weighted by atomic mass is 9.90. The Kier molecular flexibility index (Phi) is 4.27. The van der Waals surface area contributed by atoms with Gasteiger partial charge < -0.3 is 5.73 Å². The molecule has 3 aromatic carbocycles. The first-order valence-electron chi connectivity index (χ1n) is 8.68. The van der Waals surface area contributed by atoms with E-state index in [4.69, 9.17) is 5.73 Å². The van der Waals surface area contributed by atoms with Crippen LogP contribution in [0, 0.1) is 0 Å². The van der Waals surface area contributed by atoms with Crippen molar-refractivity contribution in [2.45, 2.75) is 0 Å². The Labute approximate surface area is 157 Å². The van der Waals surface area contributed by atoms with Crippen molar-refractivity contribution in [3.05, 3.63) is 113 Å². The van der Waals surface area contributed by atoms with Crippen LogP contribution in [0.2, 0.25) is 0 Å². The lowest BCUT2D eigenvalue weighted by Gasteiger charge is -2.12. The Bertz CT molecular complexity index is 1080. The van der Waals surface area contributed by atoms with Gasteiger partial charge in [0, 0.05) is 16.7 Å². The number of primary amides is 1. The van der Waals surface area contributed by atoms with Crippen molar-refractivity contribution >= 4 is 28.4 Å².